The average Bonchev–Trinajstić information content (AvgIpc) is 2.77. The molecule has 0 aromatic carbocycles. The van der Waals surface area contributed by atoms with E-state index in [1.54, 1.807) is 0 Å². The quantitative estimate of drug-likeness (QED) is 0.593. The lowest BCUT2D eigenvalue weighted by molar-refractivity contribution is -0.389. The number of nitrogen functional groups attached to an aromatic ring is 1. The van der Waals surface area contributed by atoms with Crippen molar-refractivity contribution in [2.75, 3.05) is 5.73 Å². The van der Waals surface area contributed by atoms with E-state index in [2.05, 4.69) is 14.7 Å². The van der Waals surface area contributed by atoms with Crippen molar-refractivity contribution >= 4 is 22.4 Å². The third-order valence-corrected chi connectivity index (χ3v) is 2.31. The van der Waals surface area contributed by atoms with Gasteiger partial charge in [0.25, 0.3) is 0 Å². The van der Waals surface area contributed by atoms with Gasteiger partial charge in [-0.2, -0.15) is 4.68 Å². The van der Waals surface area contributed by atoms with Crippen LogP contribution in [-0.2, 0) is 6.54 Å². The third kappa shape index (κ3) is 1.91. The molecule has 0 aliphatic carbocycles. The number of hydrogen-bond acceptors (Lipinski definition) is 7. The first kappa shape index (κ1) is 9.52. The van der Waals surface area contributed by atoms with Crippen molar-refractivity contribution in [1.29, 1.82) is 0 Å². The second-order valence-corrected chi connectivity index (χ2v) is 3.50. The van der Waals surface area contributed by atoms with E-state index < -0.39 is 4.92 Å². The van der Waals surface area contributed by atoms with Crippen LogP contribution >= 0.6 is 11.5 Å². The lowest BCUT2D eigenvalue weighted by Crippen LogP contribution is -2.03. The standard InChI is InChI=1S/C6H6N6O2S/c7-6-4(8-10-15-6)3-11-2-1-5(9-11)12(13)14/h1-2H,3,7H2. The maximum Gasteiger partial charge on any atom is 0.389 e. The van der Waals surface area contributed by atoms with E-state index in [1.807, 2.05) is 0 Å². The molecule has 0 radical (unpaired) electrons. The average molecular weight is 226 g/mol. The number of rotatable bonds is 3. The van der Waals surface area contributed by atoms with Crippen LogP contribution in [0.2, 0.25) is 0 Å². The molecule has 0 saturated carbocycles. The van der Waals surface area contributed by atoms with Crippen LogP contribution in [0.3, 0.4) is 0 Å². The lowest BCUT2D eigenvalue weighted by Gasteiger charge is -1.92. The van der Waals surface area contributed by atoms with E-state index in [1.165, 1.54) is 16.9 Å². The Morgan fingerprint density at radius 3 is 3.00 bits per heavy atom. The molecule has 0 aliphatic heterocycles. The summed E-state index contributed by atoms with van der Waals surface area (Å²) in [6, 6.07) is 1.32. The number of aromatic nitrogens is 4. The van der Waals surface area contributed by atoms with Crippen LogP contribution in [0, 0.1) is 10.1 Å². The molecule has 0 spiro atoms. The summed E-state index contributed by atoms with van der Waals surface area (Å²) < 4.78 is 5.05. The van der Waals surface area contributed by atoms with E-state index in [0.717, 1.165) is 11.5 Å². The third-order valence-electron chi connectivity index (χ3n) is 1.71. The number of hydrogen-bond donors (Lipinski definition) is 1. The SMILES string of the molecule is Nc1snnc1Cn1ccc([N+](=O)[O-])n1. The van der Waals surface area contributed by atoms with Crippen molar-refractivity contribution in [3.05, 3.63) is 28.1 Å². The summed E-state index contributed by atoms with van der Waals surface area (Å²) in [5.41, 5.74) is 6.14. The van der Waals surface area contributed by atoms with Gasteiger partial charge in [0, 0.05) is 11.5 Å². The fourth-order valence-corrected chi connectivity index (χ4v) is 1.45. The molecule has 9 heteroatoms. The van der Waals surface area contributed by atoms with Gasteiger partial charge < -0.3 is 15.8 Å². The van der Waals surface area contributed by atoms with Gasteiger partial charge in [0.2, 0.25) is 0 Å². The summed E-state index contributed by atoms with van der Waals surface area (Å²) in [4.78, 5) is 9.81. The van der Waals surface area contributed by atoms with Gasteiger partial charge in [-0.15, -0.1) is 5.10 Å². The lowest BCUT2D eigenvalue weighted by atomic mass is 10.4. The summed E-state index contributed by atoms with van der Waals surface area (Å²) in [5, 5.41) is 18.4. The predicted molar refractivity (Wildman–Crippen MR) is 52.3 cm³/mol. The molecule has 8 nitrogen and oxygen atoms in total. The Kier molecular flexibility index (Phi) is 2.29. The smallest absolute Gasteiger partial charge is 0.388 e. The van der Waals surface area contributed by atoms with Gasteiger partial charge in [-0.25, -0.2) is 0 Å². The maximum atomic E-state index is 10.4. The van der Waals surface area contributed by atoms with Gasteiger partial charge in [-0.05, 0) is 4.92 Å². The highest BCUT2D eigenvalue weighted by Gasteiger charge is 2.13. The van der Waals surface area contributed by atoms with Gasteiger partial charge in [0.05, 0.1) is 17.4 Å². The highest BCUT2D eigenvalue weighted by atomic mass is 32.1. The monoisotopic (exact) mass is 226 g/mol. The Balaban J connectivity index is 2.18. The summed E-state index contributed by atoms with van der Waals surface area (Å²) in [6.07, 6.45) is 1.50. The van der Waals surface area contributed by atoms with Gasteiger partial charge in [0.15, 0.2) is 0 Å². The first-order chi connectivity index (χ1) is 7.16. The van der Waals surface area contributed by atoms with Crippen molar-refractivity contribution in [1.82, 2.24) is 19.4 Å². The number of nitro groups is 1. The van der Waals surface area contributed by atoms with Gasteiger partial charge in [-0.1, -0.05) is 4.49 Å². The van der Waals surface area contributed by atoms with Crippen LogP contribution in [0.25, 0.3) is 0 Å². The molecule has 78 valence electrons. The largest absolute Gasteiger partial charge is 0.389 e. The minimum atomic E-state index is -0.556. The summed E-state index contributed by atoms with van der Waals surface area (Å²) >= 11 is 1.08. The molecular weight excluding hydrogens is 220 g/mol. The van der Waals surface area contributed by atoms with Crippen molar-refractivity contribution in [3.8, 4) is 0 Å². The summed E-state index contributed by atoms with van der Waals surface area (Å²) in [6.45, 7) is 0.288. The first-order valence-electron chi connectivity index (χ1n) is 3.91. The molecule has 2 heterocycles. The Morgan fingerprint density at radius 1 is 1.67 bits per heavy atom. The first-order valence-corrected chi connectivity index (χ1v) is 4.68. The Hall–Kier alpha value is -2.03. The van der Waals surface area contributed by atoms with Gasteiger partial charge in [0.1, 0.15) is 17.2 Å². The predicted octanol–water partition coefficient (Wildman–Crippen LogP) is 0.273. The van der Waals surface area contributed by atoms with Crippen molar-refractivity contribution < 1.29 is 4.92 Å². The summed E-state index contributed by atoms with van der Waals surface area (Å²) in [7, 11) is 0. The molecule has 0 unspecified atom stereocenters. The molecule has 0 bridgehead atoms. The molecule has 2 N–H and O–H groups in total. The van der Waals surface area contributed by atoms with Crippen LogP contribution in [0.15, 0.2) is 12.3 Å². The van der Waals surface area contributed by atoms with E-state index >= 15 is 0 Å². The molecule has 2 rings (SSSR count). The molecule has 0 atom stereocenters. The van der Waals surface area contributed by atoms with Crippen LogP contribution in [0.1, 0.15) is 5.69 Å². The highest BCUT2D eigenvalue weighted by Crippen LogP contribution is 2.14. The molecule has 0 amide bonds. The minimum absolute atomic E-state index is 0.197. The normalized spacial score (nSPS) is 10.4. The van der Waals surface area contributed by atoms with E-state index in [9.17, 15) is 10.1 Å². The maximum absolute atomic E-state index is 10.4. The Labute approximate surface area is 87.6 Å². The molecular formula is C6H6N6O2S. The topological polar surface area (TPSA) is 113 Å². The molecule has 15 heavy (non-hydrogen) atoms. The molecule has 0 aliphatic rings. The zero-order valence-corrected chi connectivity index (χ0v) is 8.22. The fourth-order valence-electron chi connectivity index (χ4n) is 1.02. The molecule has 2 aromatic heterocycles. The van der Waals surface area contributed by atoms with Crippen LogP contribution < -0.4 is 5.73 Å². The van der Waals surface area contributed by atoms with E-state index in [4.69, 9.17) is 5.73 Å². The zero-order chi connectivity index (χ0) is 10.8. The second-order valence-electron chi connectivity index (χ2n) is 2.71. The summed E-state index contributed by atoms with van der Waals surface area (Å²) in [5.74, 6) is -0.197. The van der Waals surface area contributed by atoms with Crippen molar-refractivity contribution in [2.45, 2.75) is 6.54 Å². The van der Waals surface area contributed by atoms with E-state index in [0.29, 0.717) is 10.7 Å². The number of anilines is 1. The fraction of sp³-hybridized carbons (Fsp3) is 0.167. The number of nitrogens with zero attached hydrogens (tertiary/aromatic N) is 5. The minimum Gasteiger partial charge on any atom is -0.388 e. The number of nitrogens with two attached hydrogens (primary N) is 1. The highest BCUT2D eigenvalue weighted by molar-refractivity contribution is 7.09. The van der Waals surface area contributed by atoms with Crippen LogP contribution in [-0.4, -0.2) is 24.3 Å². The Morgan fingerprint density at radius 2 is 2.47 bits per heavy atom. The van der Waals surface area contributed by atoms with E-state index in [-0.39, 0.29) is 12.4 Å². The van der Waals surface area contributed by atoms with Crippen LogP contribution in [0.5, 0.6) is 0 Å². The van der Waals surface area contributed by atoms with Gasteiger partial charge >= 0.3 is 5.82 Å². The Bertz CT molecular complexity index is 491. The zero-order valence-electron chi connectivity index (χ0n) is 7.40. The van der Waals surface area contributed by atoms with Crippen molar-refractivity contribution in [3.63, 3.8) is 0 Å². The second kappa shape index (κ2) is 3.61. The molecule has 0 saturated heterocycles. The molecule has 2 aromatic rings. The van der Waals surface area contributed by atoms with Crippen LogP contribution in [0.4, 0.5) is 10.8 Å². The van der Waals surface area contributed by atoms with Gasteiger partial charge in [-0.3, -0.25) is 0 Å². The van der Waals surface area contributed by atoms with Crippen molar-refractivity contribution in [2.24, 2.45) is 0 Å². The molecule has 0 fully saturated rings.